The van der Waals surface area contributed by atoms with E-state index in [4.69, 9.17) is 0 Å². The van der Waals surface area contributed by atoms with Gasteiger partial charge in [0.25, 0.3) is 5.91 Å². The van der Waals surface area contributed by atoms with Gasteiger partial charge in [0, 0.05) is 22.9 Å². The largest absolute Gasteiger partial charge is 0.322 e. The number of halogens is 2. The fourth-order valence-corrected chi connectivity index (χ4v) is 2.43. The van der Waals surface area contributed by atoms with Crippen molar-refractivity contribution in [2.24, 2.45) is 0 Å². The third-order valence-electron chi connectivity index (χ3n) is 3.76. The summed E-state index contributed by atoms with van der Waals surface area (Å²) < 4.78 is 27.0. The van der Waals surface area contributed by atoms with Crippen LogP contribution in [0.1, 0.15) is 15.9 Å². The summed E-state index contributed by atoms with van der Waals surface area (Å²) in [7, 11) is 0. The molecule has 3 rings (SSSR count). The first kappa shape index (κ1) is 15.9. The lowest BCUT2D eigenvalue weighted by molar-refractivity contribution is 0.102. The van der Waals surface area contributed by atoms with Crippen LogP contribution in [0.15, 0.2) is 66.7 Å². The molecule has 3 aromatic carbocycles. The van der Waals surface area contributed by atoms with E-state index in [1.807, 2.05) is 13.0 Å². The van der Waals surface area contributed by atoms with Crippen LogP contribution in [-0.4, -0.2) is 5.91 Å². The summed E-state index contributed by atoms with van der Waals surface area (Å²) in [5.41, 5.74) is 2.83. The molecule has 0 atom stereocenters. The highest BCUT2D eigenvalue weighted by Gasteiger charge is 2.11. The summed E-state index contributed by atoms with van der Waals surface area (Å²) in [4.78, 5) is 12.3. The Morgan fingerprint density at radius 1 is 0.917 bits per heavy atom. The maximum absolute atomic E-state index is 14.0. The van der Waals surface area contributed by atoms with E-state index in [1.165, 1.54) is 12.1 Å². The molecule has 0 radical (unpaired) electrons. The van der Waals surface area contributed by atoms with Gasteiger partial charge < -0.3 is 5.32 Å². The number of hydrogen-bond donors (Lipinski definition) is 1. The number of rotatable bonds is 3. The molecule has 0 saturated carbocycles. The Morgan fingerprint density at radius 2 is 1.67 bits per heavy atom. The molecule has 0 aromatic heterocycles. The zero-order valence-electron chi connectivity index (χ0n) is 13.0. The van der Waals surface area contributed by atoms with Crippen LogP contribution in [-0.2, 0) is 0 Å². The van der Waals surface area contributed by atoms with E-state index in [2.05, 4.69) is 5.32 Å². The molecule has 3 aromatic rings. The molecule has 24 heavy (non-hydrogen) atoms. The summed E-state index contributed by atoms with van der Waals surface area (Å²) in [5, 5.41) is 2.83. The Hall–Kier alpha value is -3.01. The van der Waals surface area contributed by atoms with Crippen LogP contribution in [0.4, 0.5) is 14.5 Å². The highest BCUT2D eigenvalue weighted by molar-refractivity contribution is 6.04. The van der Waals surface area contributed by atoms with Crippen molar-refractivity contribution in [2.75, 3.05) is 5.32 Å². The minimum Gasteiger partial charge on any atom is -0.322 e. The summed E-state index contributed by atoms with van der Waals surface area (Å²) in [6, 6.07) is 17.5. The van der Waals surface area contributed by atoms with Gasteiger partial charge in [0.2, 0.25) is 0 Å². The van der Waals surface area contributed by atoms with Crippen molar-refractivity contribution in [3.8, 4) is 11.1 Å². The van der Waals surface area contributed by atoms with Crippen molar-refractivity contribution >= 4 is 11.6 Å². The van der Waals surface area contributed by atoms with Gasteiger partial charge in [-0.1, -0.05) is 30.3 Å². The summed E-state index contributed by atoms with van der Waals surface area (Å²) >= 11 is 0. The Kier molecular flexibility index (Phi) is 4.38. The number of carbonyl (C=O) groups excluding carboxylic acids is 1. The van der Waals surface area contributed by atoms with Crippen LogP contribution in [0.3, 0.4) is 0 Å². The summed E-state index contributed by atoms with van der Waals surface area (Å²) in [6.45, 7) is 1.85. The number of hydrogen-bond acceptors (Lipinski definition) is 1. The molecule has 0 unspecified atom stereocenters. The molecule has 1 amide bonds. The van der Waals surface area contributed by atoms with Crippen LogP contribution in [0.2, 0.25) is 0 Å². The number of benzene rings is 3. The second-order valence-electron chi connectivity index (χ2n) is 5.47. The highest BCUT2D eigenvalue weighted by atomic mass is 19.1. The molecule has 0 bridgehead atoms. The molecule has 0 aliphatic carbocycles. The van der Waals surface area contributed by atoms with Crippen LogP contribution >= 0.6 is 0 Å². The van der Waals surface area contributed by atoms with Gasteiger partial charge in [-0.25, -0.2) is 8.78 Å². The van der Waals surface area contributed by atoms with Crippen molar-refractivity contribution in [3.63, 3.8) is 0 Å². The van der Waals surface area contributed by atoms with Crippen molar-refractivity contribution in [3.05, 3.63) is 89.5 Å². The van der Waals surface area contributed by atoms with E-state index in [0.717, 1.165) is 11.6 Å². The molecule has 120 valence electrons. The zero-order chi connectivity index (χ0) is 17.1. The van der Waals surface area contributed by atoms with E-state index in [0.29, 0.717) is 16.8 Å². The minimum atomic E-state index is -0.640. The van der Waals surface area contributed by atoms with Crippen LogP contribution in [0.25, 0.3) is 11.1 Å². The van der Waals surface area contributed by atoms with E-state index < -0.39 is 11.6 Å². The highest BCUT2D eigenvalue weighted by Crippen LogP contribution is 2.28. The Labute approximate surface area is 138 Å². The summed E-state index contributed by atoms with van der Waals surface area (Å²) in [6.07, 6.45) is 0. The van der Waals surface area contributed by atoms with Gasteiger partial charge in [0.15, 0.2) is 0 Å². The van der Waals surface area contributed by atoms with Crippen molar-refractivity contribution < 1.29 is 13.6 Å². The van der Waals surface area contributed by atoms with E-state index in [-0.39, 0.29) is 11.5 Å². The summed E-state index contributed by atoms with van der Waals surface area (Å²) in [5.74, 6) is -1.50. The van der Waals surface area contributed by atoms with Crippen molar-refractivity contribution in [1.82, 2.24) is 0 Å². The molecule has 0 aliphatic heterocycles. The fourth-order valence-electron chi connectivity index (χ4n) is 2.43. The average molecular weight is 323 g/mol. The molecule has 4 heteroatoms. The van der Waals surface area contributed by atoms with Gasteiger partial charge in [0.1, 0.15) is 11.6 Å². The van der Waals surface area contributed by atoms with Crippen molar-refractivity contribution in [1.29, 1.82) is 0 Å². The fraction of sp³-hybridized carbons (Fsp3) is 0.0500. The van der Waals surface area contributed by atoms with Gasteiger partial charge >= 0.3 is 0 Å². The molecule has 0 fully saturated rings. The first-order valence-corrected chi connectivity index (χ1v) is 7.47. The Bertz CT molecular complexity index is 891. The lowest BCUT2D eigenvalue weighted by Gasteiger charge is -2.11. The predicted molar refractivity (Wildman–Crippen MR) is 90.9 cm³/mol. The molecule has 1 N–H and O–H groups in total. The minimum absolute atomic E-state index is 0.240. The lowest BCUT2D eigenvalue weighted by Crippen LogP contribution is -2.12. The first-order chi connectivity index (χ1) is 11.5. The number of amides is 1. The third-order valence-corrected chi connectivity index (χ3v) is 3.76. The molecular formula is C20H15F2NO. The van der Waals surface area contributed by atoms with Crippen LogP contribution < -0.4 is 5.32 Å². The lowest BCUT2D eigenvalue weighted by atomic mass is 10.0. The number of nitrogens with one attached hydrogen (secondary N) is 1. The Balaban J connectivity index is 1.93. The predicted octanol–water partition coefficient (Wildman–Crippen LogP) is 5.19. The van der Waals surface area contributed by atoms with Gasteiger partial charge in [-0.3, -0.25) is 4.79 Å². The SMILES string of the molecule is Cc1ccc(-c2ccc(F)cc2F)cc1NC(=O)c1ccccc1. The Morgan fingerprint density at radius 3 is 2.38 bits per heavy atom. The van der Waals surface area contributed by atoms with Crippen LogP contribution in [0, 0.1) is 18.6 Å². The number of carbonyl (C=O) groups is 1. The van der Waals surface area contributed by atoms with Crippen molar-refractivity contribution in [2.45, 2.75) is 6.92 Å². The number of anilines is 1. The maximum Gasteiger partial charge on any atom is 0.255 e. The van der Waals surface area contributed by atoms with Crippen LogP contribution in [0.5, 0.6) is 0 Å². The second kappa shape index (κ2) is 6.62. The van der Waals surface area contributed by atoms with Gasteiger partial charge in [-0.05, 0) is 48.4 Å². The topological polar surface area (TPSA) is 29.1 Å². The third kappa shape index (κ3) is 3.33. The zero-order valence-corrected chi connectivity index (χ0v) is 13.0. The molecule has 2 nitrogen and oxygen atoms in total. The van der Waals surface area contributed by atoms with E-state index in [1.54, 1.807) is 42.5 Å². The molecular weight excluding hydrogens is 308 g/mol. The molecule has 0 spiro atoms. The molecule has 0 aliphatic rings. The standard InChI is InChI=1S/C20H15F2NO/c1-13-7-8-15(17-10-9-16(21)12-18(17)22)11-19(13)23-20(24)14-5-3-2-4-6-14/h2-12H,1H3,(H,23,24). The molecule has 0 saturated heterocycles. The normalized spacial score (nSPS) is 10.5. The smallest absolute Gasteiger partial charge is 0.255 e. The van der Waals surface area contributed by atoms with E-state index in [9.17, 15) is 13.6 Å². The van der Waals surface area contributed by atoms with Gasteiger partial charge in [-0.15, -0.1) is 0 Å². The average Bonchev–Trinajstić information content (AvgIpc) is 2.58. The van der Waals surface area contributed by atoms with E-state index >= 15 is 0 Å². The van der Waals surface area contributed by atoms with Gasteiger partial charge in [0.05, 0.1) is 0 Å². The van der Waals surface area contributed by atoms with Gasteiger partial charge in [-0.2, -0.15) is 0 Å². The first-order valence-electron chi connectivity index (χ1n) is 7.47. The quantitative estimate of drug-likeness (QED) is 0.706. The molecule has 0 heterocycles. The number of aryl methyl sites for hydroxylation is 1. The maximum atomic E-state index is 14.0. The monoisotopic (exact) mass is 323 g/mol. The second-order valence-corrected chi connectivity index (χ2v) is 5.47.